The largest absolute Gasteiger partial charge is 0.510 e. The zero-order valence-electron chi connectivity index (χ0n) is 23.6. The standard InChI is InChI=1S/C25H30N4O13S/c1-27(2)12-8-13(29(24(36)37)42-43(39,40)41-5)18(30)15-10(12)6-9-7-11-17(28(3)4)20(32)16(23(26)35)22(34)25(11,38)21(33)14(9)19(15)31/h8-9,11,17,30,32-33,38H,6-7H2,1-5H3,(H2,26,35)(H,36,37). The Labute approximate surface area is 244 Å². The highest BCUT2D eigenvalue weighted by Crippen LogP contribution is 2.54. The molecule has 0 spiro atoms. The zero-order chi connectivity index (χ0) is 32.5. The number of likely N-dealkylation sites (N-methyl/N-ethyl adjacent to an activating group) is 1. The van der Waals surface area contributed by atoms with E-state index in [1.807, 2.05) is 0 Å². The highest BCUT2D eigenvalue weighted by Gasteiger charge is 2.63. The molecule has 1 aromatic rings. The van der Waals surface area contributed by atoms with Crippen LogP contribution >= 0.6 is 0 Å². The predicted octanol–water partition coefficient (Wildman–Crippen LogP) is -0.506. The van der Waals surface area contributed by atoms with Gasteiger partial charge in [-0.2, -0.15) is 8.42 Å². The van der Waals surface area contributed by atoms with E-state index in [1.165, 1.54) is 38.0 Å². The minimum atomic E-state index is -4.93. The average molecular weight is 627 g/mol. The Kier molecular flexibility index (Phi) is 7.73. The fourth-order valence-corrected chi connectivity index (χ4v) is 6.52. The van der Waals surface area contributed by atoms with E-state index < -0.39 is 97.1 Å². The van der Waals surface area contributed by atoms with Crippen LogP contribution in [0.3, 0.4) is 0 Å². The normalized spacial score (nSPS) is 25.3. The molecule has 1 aromatic carbocycles. The third kappa shape index (κ3) is 4.67. The maximum Gasteiger partial charge on any atom is 0.437 e. The van der Waals surface area contributed by atoms with Crippen molar-refractivity contribution in [2.45, 2.75) is 24.5 Å². The summed E-state index contributed by atoms with van der Waals surface area (Å²) in [7, 11) is 1.81. The number of allylic oxidation sites excluding steroid dienone is 1. The number of benzene rings is 1. The lowest BCUT2D eigenvalue weighted by Gasteiger charge is -2.50. The highest BCUT2D eigenvalue weighted by atomic mass is 32.3. The Morgan fingerprint density at radius 1 is 1.09 bits per heavy atom. The van der Waals surface area contributed by atoms with E-state index in [0.717, 1.165) is 6.07 Å². The average Bonchev–Trinajstić information content (AvgIpc) is 2.89. The lowest BCUT2D eigenvalue weighted by atomic mass is 9.58. The molecular formula is C25H30N4O13S. The number of hydroxylamine groups is 1. The molecule has 7 N–H and O–H groups in total. The number of aromatic hydroxyl groups is 1. The summed E-state index contributed by atoms with van der Waals surface area (Å²) in [4.78, 5) is 54.4. The Bertz CT molecular complexity index is 1630. The number of nitrogens with zero attached hydrogens (tertiary/aromatic N) is 3. The Morgan fingerprint density at radius 3 is 2.19 bits per heavy atom. The molecule has 2 amide bonds. The van der Waals surface area contributed by atoms with Gasteiger partial charge in [-0.25, -0.2) is 4.79 Å². The van der Waals surface area contributed by atoms with Crippen LogP contribution < -0.4 is 15.7 Å². The maximum absolute atomic E-state index is 14.0. The van der Waals surface area contributed by atoms with Crippen LogP contribution in [-0.2, 0) is 34.9 Å². The summed E-state index contributed by atoms with van der Waals surface area (Å²) < 4.78 is 32.4. The number of carbonyl (C=O) groups excluding carboxylic acids is 3. The molecule has 0 aliphatic heterocycles. The van der Waals surface area contributed by atoms with Crippen LogP contribution in [0.1, 0.15) is 22.3 Å². The molecule has 0 saturated heterocycles. The molecule has 17 nitrogen and oxygen atoms in total. The van der Waals surface area contributed by atoms with E-state index >= 15 is 0 Å². The van der Waals surface area contributed by atoms with Crippen LogP contribution in [-0.4, -0.2) is 109 Å². The van der Waals surface area contributed by atoms with Crippen molar-refractivity contribution in [1.29, 1.82) is 0 Å². The fourth-order valence-electron chi connectivity index (χ4n) is 6.14. The second kappa shape index (κ2) is 10.5. The molecule has 0 bridgehead atoms. The van der Waals surface area contributed by atoms with Crippen molar-refractivity contribution in [3.63, 3.8) is 0 Å². The smallest absolute Gasteiger partial charge is 0.437 e. The molecule has 234 valence electrons. The second-order valence-electron chi connectivity index (χ2n) is 10.7. The number of Topliss-reactive ketones (excluding diaryl/α,β-unsaturated/α-hetero) is 2. The van der Waals surface area contributed by atoms with Crippen LogP contribution in [0, 0.1) is 11.8 Å². The highest BCUT2D eigenvalue weighted by molar-refractivity contribution is 7.81. The molecule has 0 heterocycles. The first-order valence-corrected chi connectivity index (χ1v) is 13.9. The van der Waals surface area contributed by atoms with Crippen molar-refractivity contribution in [2.24, 2.45) is 17.6 Å². The first kappa shape index (κ1) is 31.7. The van der Waals surface area contributed by atoms with Gasteiger partial charge in [0.2, 0.25) is 5.78 Å². The molecule has 0 aromatic heterocycles. The van der Waals surface area contributed by atoms with Gasteiger partial charge in [-0.05, 0) is 44.5 Å². The van der Waals surface area contributed by atoms with E-state index in [9.17, 15) is 53.1 Å². The fraction of sp³-hybridized carbons (Fsp3) is 0.440. The maximum atomic E-state index is 14.0. The molecule has 0 fully saturated rings. The number of nitrogens with two attached hydrogens (primary N) is 1. The number of anilines is 2. The summed E-state index contributed by atoms with van der Waals surface area (Å²) in [5.74, 6) is -8.96. The number of primary amides is 1. The molecule has 0 radical (unpaired) electrons. The Morgan fingerprint density at radius 2 is 1.70 bits per heavy atom. The predicted molar refractivity (Wildman–Crippen MR) is 146 cm³/mol. The molecular weight excluding hydrogens is 596 g/mol. The lowest BCUT2D eigenvalue weighted by Crippen LogP contribution is -2.63. The van der Waals surface area contributed by atoms with Crippen LogP contribution in [0.2, 0.25) is 0 Å². The van der Waals surface area contributed by atoms with Crippen LogP contribution in [0.25, 0.3) is 0 Å². The van der Waals surface area contributed by atoms with E-state index in [4.69, 9.17) is 5.73 Å². The number of carbonyl (C=O) groups is 4. The summed E-state index contributed by atoms with van der Waals surface area (Å²) in [5, 5.41) is 54.6. The van der Waals surface area contributed by atoms with Gasteiger partial charge in [0.15, 0.2) is 17.1 Å². The van der Waals surface area contributed by atoms with Gasteiger partial charge in [-0.1, -0.05) is 0 Å². The molecule has 43 heavy (non-hydrogen) atoms. The number of phenolic OH excluding ortho intramolecular Hbond substituents is 1. The molecule has 3 aliphatic rings. The summed E-state index contributed by atoms with van der Waals surface area (Å²) in [6.45, 7) is 0. The summed E-state index contributed by atoms with van der Waals surface area (Å²) in [5.41, 5.74) is -0.0712. The van der Waals surface area contributed by atoms with Crippen LogP contribution in [0.5, 0.6) is 5.75 Å². The molecule has 0 saturated carbocycles. The Hall–Kier alpha value is -4.23. The van der Waals surface area contributed by atoms with Crippen molar-refractivity contribution in [1.82, 2.24) is 4.90 Å². The minimum Gasteiger partial charge on any atom is -0.510 e. The van der Waals surface area contributed by atoms with Crippen LogP contribution in [0.15, 0.2) is 28.7 Å². The van der Waals surface area contributed by atoms with E-state index in [1.54, 1.807) is 0 Å². The van der Waals surface area contributed by atoms with Gasteiger partial charge in [-0.15, -0.1) is 9.35 Å². The number of ketones is 2. The number of hydrogen-bond acceptors (Lipinski definition) is 14. The third-order valence-corrected chi connectivity index (χ3v) is 8.66. The van der Waals surface area contributed by atoms with Gasteiger partial charge < -0.3 is 36.2 Å². The molecule has 4 atom stereocenters. The molecule has 4 unspecified atom stereocenters. The number of aliphatic hydroxyl groups is 3. The topological polar surface area (TPSA) is 258 Å². The van der Waals surface area contributed by atoms with Gasteiger partial charge in [0.1, 0.15) is 22.8 Å². The summed E-state index contributed by atoms with van der Waals surface area (Å²) in [6, 6.07) is -0.118. The number of hydrogen-bond donors (Lipinski definition) is 6. The number of aliphatic hydroxyl groups excluding tert-OH is 2. The van der Waals surface area contributed by atoms with Gasteiger partial charge in [0.25, 0.3) is 5.91 Å². The van der Waals surface area contributed by atoms with E-state index in [0.29, 0.717) is 7.11 Å². The second-order valence-corrected chi connectivity index (χ2v) is 12.0. The molecule has 3 aliphatic carbocycles. The first-order valence-electron chi connectivity index (χ1n) is 12.6. The van der Waals surface area contributed by atoms with Crippen LogP contribution in [0.4, 0.5) is 16.2 Å². The number of carboxylic acid groups (broad SMARTS) is 1. The molecule has 4 rings (SSSR count). The van der Waals surface area contributed by atoms with Crippen molar-refractivity contribution in [3.8, 4) is 5.75 Å². The van der Waals surface area contributed by atoms with Crippen molar-refractivity contribution < 1.29 is 61.6 Å². The summed E-state index contributed by atoms with van der Waals surface area (Å²) >= 11 is 0. The van der Waals surface area contributed by atoms with Gasteiger partial charge in [-0.3, -0.25) is 23.5 Å². The van der Waals surface area contributed by atoms with E-state index in [2.05, 4.69) is 8.47 Å². The number of phenols is 1. The van der Waals surface area contributed by atoms with Crippen molar-refractivity contribution in [2.75, 3.05) is 45.3 Å². The quantitative estimate of drug-likeness (QED) is 0.165. The Balaban J connectivity index is 2.00. The van der Waals surface area contributed by atoms with E-state index in [-0.39, 0.29) is 29.2 Å². The van der Waals surface area contributed by atoms with Gasteiger partial charge in [0, 0.05) is 31.3 Å². The number of fused-ring (bicyclic) bond motifs is 3. The lowest BCUT2D eigenvalue weighted by molar-refractivity contribution is -0.148. The van der Waals surface area contributed by atoms with Crippen molar-refractivity contribution >= 4 is 45.3 Å². The third-order valence-electron chi connectivity index (χ3n) is 7.92. The summed E-state index contributed by atoms with van der Waals surface area (Å²) in [6.07, 6.45) is -2.29. The monoisotopic (exact) mass is 626 g/mol. The number of rotatable bonds is 7. The van der Waals surface area contributed by atoms with Gasteiger partial charge >= 0.3 is 16.5 Å². The SMILES string of the molecule is COS(=O)(=O)ON(C(=O)O)c1cc(N(C)C)c2c(c1O)C(=O)C1=C(O)C3(O)C(=O)C(C(N)=O)=C(O)C(N(C)C)C3CC1C2. The number of amides is 2. The van der Waals surface area contributed by atoms with Crippen molar-refractivity contribution in [3.05, 3.63) is 39.9 Å². The minimum absolute atomic E-state index is 0.0970. The first-order chi connectivity index (χ1) is 19.8. The molecule has 18 heteroatoms. The zero-order valence-corrected chi connectivity index (χ0v) is 24.4. The van der Waals surface area contributed by atoms with Gasteiger partial charge in [0.05, 0.1) is 18.7 Å².